The standard InChI is InChI=1S/C10H11N5O4S/c1-12-20(17,18)7-5-3-2-4-6(7)13-10(16)8-9(11)15-19-14-8/h2-5,12H,1H3,(H2,11,15)(H,13,16). The van der Waals surface area contributed by atoms with Gasteiger partial charge in [0.05, 0.1) is 5.69 Å². The van der Waals surface area contributed by atoms with E-state index < -0.39 is 15.9 Å². The minimum absolute atomic E-state index is 0.0779. The molecule has 2 aromatic rings. The van der Waals surface area contributed by atoms with E-state index >= 15 is 0 Å². The van der Waals surface area contributed by atoms with Gasteiger partial charge < -0.3 is 11.1 Å². The van der Waals surface area contributed by atoms with E-state index in [0.29, 0.717) is 0 Å². The van der Waals surface area contributed by atoms with Crippen molar-refractivity contribution in [3.63, 3.8) is 0 Å². The number of amides is 1. The van der Waals surface area contributed by atoms with E-state index in [2.05, 4.69) is 25.0 Å². The molecule has 1 aromatic heterocycles. The summed E-state index contributed by atoms with van der Waals surface area (Å²) in [6, 6.07) is 5.90. The average molecular weight is 297 g/mol. The summed E-state index contributed by atoms with van der Waals surface area (Å²) in [6.45, 7) is 0. The molecule has 0 atom stereocenters. The minimum Gasteiger partial charge on any atom is -0.379 e. The first kappa shape index (κ1) is 14.0. The van der Waals surface area contributed by atoms with Crippen LogP contribution in [0.25, 0.3) is 0 Å². The summed E-state index contributed by atoms with van der Waals surface area (Å²) in [5.41, 5.74) is 5.26. The molecule has 2 rings (SSSR count). The van der Waals surface area contributed by atoms with Gasteiger partial charge >= 0.3 is 0 Å². The summed E-state index contributed by atoms with van der Waals surface area (Å²) in [7, 11) is -2.44. The molecule has 9 nitrogen and oxygen atoms in total. The number of hydrogen-bond donors (Lipinski definition) is 3. The Bertz CT molecular complexity index is 740. The Balaban J connectivity index is 2.36. The van der Waals surface area contributed by atoms with Crippen LogP contribution in [-0.4, -0.2) is 31.7 Å². The first-order chi connectivity index (χ1) is 9.45. The molecule has 0 fully saturated rings. The van der Waals surface area contributed by atoms with Gasteiger partial charge in [-0.05, 0) is 29.5 Å². The maximum atomic E-state index is 11.9. The molecule has 106 valence electrons. The maximum Gasteiger partial charge on any atom is 0.281 e. The van der Waals surface area contributed by atoms with E-state index in [1.807, 2.05) is 0 Å². The molecule has 20 heavy (non-hydrogen) atoms. The Morgan fingerprint density at radius 1 is 1.30 bits per heavy atom. The number of nitrogens with one attached hydrogen (secondary N) is 2. The molecule has 0 unspecified atom stereocenters. The van der Waals surface area contributed by atoms with Crippen LogP contribution in [-0.2, 0) is 10.0 Å². The summed E-state index contributed by atoms with van der Waals surface area (Å²) in [5, 5.41) is 9.00. The van der Waals surface area contributed by atoms with Crippen molar-refractivity contribution in [2.24, 2.45) is 0 Å². The molecule has 0 saturated heterocycles. The lowest BCUT2D eigenvalue weighted by molar-refractivity contribution is 0.101. The van der Waals surface area contributed by atoms with Crippen molar-refractivity contribution in [3.05, 3.63) is 30.0 Å². The number of sulfonamides is 1. The average Bonchev–Trinajstić information content (AvgIpc) is 2.85. The fourth-order valence-electron chi connectivity index (χ4n) is 1.45. The van der Waals surface area contributed by atoms with Crippen LogP contribution in [0.4, 0.5) is 11.5 Å². The number of aromatic nitrogens is 2. The predicted molar refractivity (Wildman–Crippen MR) is 69.4 cm³/mol. The van der Waals surface area contributed by atoms with Gasteiger partial charge in [0.15, 0.2) is 0 Å². The maximum absolute atomic E-state index is 11.9. The summed E-state index contributed by atoms with van der Waals surface area (Å²) in [5.74, 6) is -0.904. The molecule has 0 aliphatic heterocycles. The molecule has 0 aliphatic carbocycles. The Labute approximate surface area is 114 Å². The van der Waals surface area contributed by atoms with Gasteiger partial charge in [-0.3, -0.25) is 4.79 Å². The second-order valence-electron chi connectivity index (χ2n) is 3.66. The third-order valence-electron chi connectivity index (χ3n) is 2.42. The van der Waals surface area contributed by atoms with Gasteiger partial charge in [0.25, 0.3) is 5.91 Å². The van der Waals surface area contributed by atoms with Crippen LogP contribution in [0.2, 0.25) is 0 Å². The van der Waals surface area contributed by atoms with Crippen LogP contribution in [0.3, 0.4) is 0 Å². The van der Waals surface area contributed by atoms with Crippen molar-refractivity contribution in [1.82, 2.24) is 15.0 Å². The number of nitrogens with two attached hydrogens (primary N) is 1. The lowest BCUT2D eigenvalue weighted by Gasteiger charge is -2.09. The van der Waals surface area contributed by atoms with Crippen molar-refractivity contribution >= 4 is 27.4 Å². The molecule has 1 heterocycles. The SMILES string of the molecule is CNS(=O)(=O)c1ccccc1NC(=O)c1nonc1N. The third-order valence-corrected chi connectivity index (χ3v) is 3.89. The topological polar surface area (TPSA) is 140 Å². The highest BCUT2D eigenvalue weighted by molar-refractivity contribution is 7.89. The second kappa shape index (κ2) is 5.27. The van der Waals surface area contributed by atoms with Crippen molar-refractivity contribution < 1.29 is 17.8 Å². The third kappa shape index (κ3) is 2.60. The molecule has 0 bridgehead atoms. The van der Waals surface area contributed by atoms with Crippen LogP contribution in [0.1, 0.15) is 10.5 Å². The van der Waals surface area contributed by atoms with Gasteiger partial charge in [0.1, 0.15) is 4.90 Å². The summed E-state index contributed by atoms with van der Waals surface area (Å²) in [4.78, 5) is 11.8. The van der Waals surface area contributed by atoms with Crippen LogP contribution in [0.5, 0.6) is 0 Å². The van der Waals surface area contributed by atoms with Gasteiger partial charge in [0.2, 0.25) is 21.5 Å². The fourth-order valence-corrected chi connectivity index (χ4v) is 2.33. The Morgan fingerprint density at radius 2 is 2.00 bits per heavy atom. The lowest BCUT2D eigenvalue weighted by Crippen LogP contribution is -2.22. The molecular weight excluding hydrogens is 286 g/mol. The van der Waals surface area contributed by atoms with E-state index in [1.165, 1.54) is 25.2 Å². The van der Waals surface area contributed by atoms with Crippen molar-refractivity contribution in [1.29, 1.82) is 0 Å². The van der Waals surface area contributed by atoms with E-state index in [-0.39, 0.29) is 22.1 Å². The van der Waals surface area contributed by atoms with Gasteiger partial charge in [0, 0.05) is 0 Å². The summed E-state index contributed by atoms with van der Waals surface area (Å²) < 4.78 is 30.1. The molecular formula is C10H11N5O4S. The van der Waals surface area contributed by atoms with Crippen LogP contribution in [0.15, 0.2) is 33.8 Å². The van der Waals surface area contributed by atoms with Gasteiger partial charge in [-0.1, -0.05) is 12.1 Å². The highest BCUT2D eigenvalue weighted by atomic mass is 32.2. The smallest absolute Gasteiger partial charge is 0.281 e. The van der Waals surface area contributed by atoms with Crippen LogP contribution >= 0.6 is 0 Å². The molecule has 1 amide bonds. The zero-order valence-corrected chi connectivity index (χ0v) is 11.1. The second-order valence-corrected chi connectivity index (χ2v) is 5.51. The molecule has 0 saturated carbocycles. The molecule has 0 spiro atoms. The Kier molecular flexibility index (Phi) is 3.68. The predicted octanol–water partition coefficient (Wildman–Crippen LogP) is -0.188. The Hall–Kier alpha value is -2.46. The van der Waals surface area contributed by atoms with Crippen molar-refractivity contribution in [3.8, 4) is 0 Å². The van der Waals surface area contributed by atoms with Crippen LogP contribution in [0, 0.1) is 0 Å². The molecule has 4 N–H and O–H groups in total. The zero-order valence-electron chi connectivity index (χ0n) is 10.3. The summed E-state index contributed by atoms with van der Waals surface area (Å²) in [6.07, 6.45) is 0. The van der Waals surface area contributed by atoms with Gasteiger partial charge in [-0.25, -0.2) is 17.8 Å². The number of rotatable bonds is 4. The number of anilines is 2. The highest BCUT2D eigenvalue weighted by Crippen LogP contribution is 2.21. The van der Waals surface area contributed by atoms with Crippen molar-refractivity contribution in [2.45, 2.75) is 4.90 Å². The van der Waals surface area contributed by atoms with Crippen molar-refractivity contribution in [2.75, 3.05) is 18.1 Å². The zero-order chi connectivity index (χ0) is 14.8. The fraction of sp³-hybridized carbons (Fsp3) is 0.100. The lowest BCUT2D eigenvalue weighted by atomic mass is 10.3. The first-order valence-corrected chi connectivity index (χ1v) is 6.86. The number of nitrogen functional groups attached to an aromatic ring is 1. The van der Waals surface area contributed by atoms with Gasteiger partial charge in [-0.2, -0.15) is 0 Å². The normalized spacial score (nSPS) is 11.2. The number of carbonyl (C=O) groups is 1. The number of benzene rings is 1. The summed E-state index contributed by atoms with van der Waals surface area (Å²) >= 11 is 0. The quantitative estimate of drug-likeness (QED) is 0.710. The van der Waals surface area contributed by atoms with E-state index in [9.17, 15) is 13.2 Å². The first-order valence-electron chi connectivity index (χ1n) is 5.37. The van der Waals surface area contributed by atoms with Crippen LogP contribution < -0.4 is 15.8 Å². The number of para-hydroxylation sites is 1. The van der Waals surface area contributed by atoms with E-state index in [4.69, 9.17) is 5.73 Å². The number of nitrogens with zero attached hydrogens (tertiary/aromatic N) is 2. The molecule has 10 heteroatoms. The Morgan fingerprint density at radius 3 is 2.60 bits per heavy atom. The molecule has 1 aromatic carbocycles. The molecule has 0 radical (unpaired) electrons. The minimum atomic E-state index is -3.71. The van der Waals surface area contributed by atoms with E-state index in [1.54, 1.807) is 6.07 Å². The van der Waals surface area contributed by atoms with E-state index in [0.717, 1.165) is 0 Å². The number of hydrogen-bond acceptors (Lipinski definition) is 7. The molecule has 0 aliphatic rings. The largest absolute Gasteiger partial charge is 0.379 e. The highest BCUT2D eigenvalue weighted by Gasteiger charge is 2.21. The monoisotopic (exact) mass is 297 g/mol. The number of carbonyl (C=O) groups excluding carboxylic acids is 1. The van der Waals surface area contributed by atoms with Gasteiger partial charge in [-0.15, -0.1) is 0 Å².